The van der Waals surface area contributed by atoms with E-state index in [1.807, 2.05) is 48.5 Å². The molecule has 1 aromatic heterocycles. The number of pyridine rings is 1. The van der Waals surface area contributed by atoms with E-state index < -0.39 is 12.0 Å². The summed E-state index contributed by atoms with van der Waals surface area (Å²) in [5, 5.41) is 10.7. The van der Waals surface area contributed by atoms with Gasteiger partial charge in [0.2, 0.25) is 5.91 Å². The van der Waals surface area contributed by atoms with E-state index in [2.05, 4.69) is 4.98 Å². The highest BCUT2D eigenvalue weighted by Crippen LogP contribution is 2.40. The van der Waals surface area contributed by atoms with E-state index in [9.17, 15) is 9.90 Å². The zero-order valence-corrected chi connectivity index (χ0v) is 13.6. The Morgan fingerprint density at radius 3 is 2.52 bits per heavy atom. The fourth-order valence-corrected chi connectivity index (χ4v) is 3.72. The number of amides is 1. The van der Waals surface area contributed by atoms with E-state index in [0.717, 1.165) is 27.8 Å². The summed E-state index contributed by atoms with van der Waals surface area (Å²) in [6.45, 7) is 0. The molecule has 0 aliphatic heterocycles. The molecule has 3 N–H and O–H groups in total. The molecule has 0 radical (unpaired) electrons. The van der Waals surface area contributed by atoms with Crippen LogP contribution in [0, 0.1) is 0 Å². The smallest absolute Gasteiger partial charge is 0.249 e. The van der Waals surface area contributed by atoms with Crippen molar-refractivity contribution in [3.63, 3.8) is 0 Å². The Morgan fingerprint density at radius 1 is 1.00 bits per heavy atom. The number of aliphatic hydroxyl groups excluding tert-OH is 1. The van der Waals surface area contributed by atoms with Crippen molar-refractivity contribution in [3.05, 3.63) is 89.2 Å². The third kappa shape index (κ3) is 2.71. The van der Waals surface area contributed by atoms with Crippen LogP contribution in [0.2, 0.25) is 0 Å². The Morgan fingerprint density at radius 2 is 1.76 bits per heavy atom. The Bertz CT molecular complexity index is 938. The van der Waals surface area contributed by atoms with Crippen LogP contribution in [0.15, 0.2) is 67.0 Å². The van der Waals surface area contributed by atoms with Crippen LogP contribution < -0.4 is 5.73 Å². The van der Waals surface area contributed by atoms with Crippen molar-refractivity contribution >= 4 is 5.91 Å². The number of rotatable bonds is 3. The lowest BCUT2D eigenvalue weighted by atomic mass is 9.86. The minimum Gasteiger partial charge on any atom is -0.392 e. The summed E-state index contributed by atoms with van der Waals surface area (Å²) in [5.74, 6) is -0.728. The number of nitrogens with zero attached hydrogens (tertiary/aromatic N) is 1. The molecule has 1 aliphatic rings. The van der Waals surface area contributed by atoms with Crippen LogP contribution in [0.4, 0.5) is 0 Å². The molecule has 1 heterocycles. The van der Waals surface area contributed by atoms with Crippen molar-refractivity contribution in [1.82, 2.24) is 4.98 Å². The average molecular weight is 330 g/mol. The fourth-order valence-electron chi connectivity index (χ4n) is 3.72. The lowest BCUT2D eigenvalue weighted by molar-refractivity contribution is 0.0998. The summed E-state index contributed by atoms with van der Waals surface area (Å²) >= 11 is 0. The van der Waals surface area contributed by atoms with Crippen LogP contribution in [0.5, 0.6) is 0 Å². The molecule has 0 bridgehead atoms. The maximum absolute atomic E-state index is 12.0. The second-order valence-corrected chi connectivity index (χ2v) is 6.35. The fraction of sp³-hybridized carbons (Fsp3) is 0.143. The molecule has 4 heteroatoms. The molecule has 0 unspecified atom stereocenters. The number of primary amides is 1. The van der Waals surface area contributed by atoms with E-state index >= 15 is 0 Å². The van der Waals surface area contributed by atoms with Crippen molar-refractivity contribution in [1.29, 1.82) is 0 Å². The van der Waals surface area contributed by atoms with Crippen LogP contribution in [-0.4, -0.2) is 22.1 Å². The number of hydrogen-bond acceptors (Lipinski definition) is 3. The van der Waals surface area contributed by atoms with E-state index in [1.54, 1.807) is 18.5 Å². The first-order valence-corrected chi connectivity index (χ1v) is 8.25. The van der Waals surface area contributed by atoms with Gasteiger partial charge in [0.1, 0.15) is 0 Å². The number of nitrogens with two attached hydrogens (primary N) is 1. The van der Waals surface area contributed by atoms with Gasteiger partial charge in [-0.2, -0.15) is 0 Å². The van der Waals surface area contributed by atoms with Gasteiger partial charge in [0.15, 0.2) is 0 Å². The highest BCUT2D eigenvalue weighted by molar-refractivity contribution is 5.95. The highest BCUT2D eigenvalue weighted by atomic mass is 16.3. The van der Waals surface area contributed by atoms with Gasteiger partial charge >= 0.3 is 0 Å². The molecular weight excluding hydrogens is 312 g/mol. The average Bonchev–Trinajstić information content (AvgIpc) is 2.97. The number of carbonyl (C=O) groups is 1. The largest absolute Gasteiger partial charge is 0.392 e. The third-order valence-electron chi connectivity index (χ3n) is 4.87. The first kappa shape index (κ1) is 15.5. The normalized spacial score (nSPS) is 18.8. The first-order valence-electron chi connectivity index (χ1n) is 8.25. The van der Waals surface area contributed by atoms with E-state index in [-0.39, 0.29) is 5.92 Å². The number of benzene rings is 2. The van der Waals surface area contributed by atoms with Crippen LogP contribution >= 0.6 is 0 Å². The van der Waals surface area contributed by atoms with Crippen molar-refractivity contribution in [2.45, 2.75) is 18.4 Å². The second-order valence-electron chi connectivity index (χ2n) is 6.35. The molecule has 4 nitrogen and oxygen atoms in total. The Labute approximate surface area is 146 Å². The van der Waals surface area contributed by atoms with Gasteiger partial charge in [-0.1, -0.05) is 30.3 Å². The quantitative estimate of drug-likeness (QED) is 0.775. The van der Waals surface area contributed by atoms with Crippen molar-refractivity contribution < 1.29 is 9.90 Å². The van der Waals surface area contributed by atoms with Crippen LogP contribution in [0.25, 0.3) is 11.1 Å². The second kappa shape index (κ2) is 6.15. The molecule has 1 aliphatic carbocycles. The number of aliphatic hydroxyl groups is 1. The number of fused-ring (bicyclic) bond motifs is 1. The van der Waals surface area contributed by atoms with Crippen LogP contribution in [0.1, 0.15) is 33.0 Å². The summed E-state index contributed by atoms with van der Waals surface area (Å²) in [7, 11) is 0. The highest BCUT2D eigenvalue weighted by Gasteiger charge is 2.34. The van der Waals surface area contributed by atoms with Crippen molar-refractivity contribution in [2.24, 2.45) is 5.73 Å². The van der Waals surface area contributed by atoms with E-state index in [4.69, 9.17) is 5.73 Å². The molecule has 25 heavy (non-hydrogen) atoms. The maximum atomic E-state index is 12.0. The van der Waals surface area contributed by atoms with Gasteiger partial charge in [-0.15, -0.1) is 0 Å². The molecule has 1 amide bonds. The lowest BCUT2D eigenvalue weighted by Crippen LogP contribution is -2.21. The number of hydrogen-bond donors (Lipinski definition) is 2. The molecule has 0 spiro atoms. The van der Waals surface area contributed by atoms with Crippen molar-refractivity contribution in [3.8, 4) is 11.1 Å². The van der Waals surface area contributed by atoms with Crippen molar-refractivity contribution in [2.75, 3.05) is 0 Å². The summed E-state index contributed by atoms with van der Waals surface area (Å²) in [5.41, 5.74) is 11.0. The van der Waals surface area contributed by atoms with Gasteiger partial charge in [-0.05, 0) is 58.5 Å². The summed E-state index contributed by atoms with van der Waals surface area (Å²) in [4.78, 5) is 16.0. The lowest BCUT2D eigenvalue weighted by Gasteiger charge is -2.20. The van der Waals surface area contributed by atoms with Gasteiger partial charge in [0.05, 0.1) is 6.10 Å². The van der Waals surface area contributed by atoms with Gasteiger partial charge < -0.3 is 10.8 Å². The summed E-state index contributed by atoms with van der Waals surface area (Å²) in [6.07, 6.45) is 3.48. The molecule has 3 aromatic rings. The summed E-state index contributed by atoms with van der Waals surface area (Å²) in [6, 6.07) is 17.4. The number of carbonyl (C=O) groups excluding carboxylic acids is 1. The SMILES string of the molecule is NC(=O)c1ccc(-c2ccncc2)cc1[C@@H]1c2ccccc2C[C@H]1O. The third-order valence-corrected chi connectivity index (χ3v) is 4.87. The van der Waals surface area contributed by atoms with E-state index in [1.165, 1.54) is 0 Å². The van der Waals surface area contributed by atoms with Gasteiger partial charge in [-0.25, -0.2) is 0 Å². The summed E-state index contributed by atoms with van der Waals surface area (Å²) < 4.78 is 0. The first-order chi connectivity index (χ1) is 12.1. The van der Waals surface area contributed by atoms with Crippen LogP contribution in [0.3, 0.4) is 0 Å². The molecule has 2 aromatic carbocycles. The molecule has 124 valence electrons. The Kier molecular flexibility index (Phi) is 3.82. The predicted octanol–water partition coefficient (Wildman–Crippen LogP) is 2.90. The monoisotopic (exact) mass is 330 g/mol. The molecule has 0 saturated heterocycles. The zero-order chi connectivity index (χ0) is 17.4. The molecule has 0 saturated carbocycles. The minimum atomic E-state index is -0.566. The van der Waals surface area contributed by atoms with E-state index in [0.29, 0.717) is 12.0 Å². The predicted molar refractivity (Wildman–Crippen MR) is 96.2 cm³/mol. The molecule has 2 atom stereocenters. The number of aromatic nitrogens is 1. The Balaban J connectivity index is 1.89. The minimum absolute atomic E-state index is 0.250. The maximum Gasteiger partial charge on any atom is 0.249 e. The topological polar surface area (TPSA) is 76.2 Å². The Hall–Kier alpha value is -2.98. The molecular formula is C21H18N2O2. The van der Waals surface area contributed by atoms with Crippen LogP contribution in [-0.2, 0) is 6.42 Å². The standard InChI is InChI=1S/C21H18N2O2/c22-21(25)17-6-5-14(13-7-9-23-10-8-13)11-18(17)20-16-4-2-1-3-15(16)12-19(20)24/h1-11,19-20,24H,12H2,(H2,22,25)/t19-,20+/m1/s1. The molecule has 0 fully saturated rings. The zero-order valence-electron chi connectivity index (χ0n) is 13.6. The van der Waals surface area contributed by atoms with Gasteiger partial charge in [0.25, 0.3) is 0 Å². The van der Waals surface area contributed by atoms with Gasteiger partial charge in [-0.3, -0.25) is 9.78 Å². The van der Waals surface area contributed by atoms with Gasteiger partial charge in [0, 0.05) is 23.9 Å². The molecule has 4 rings (SSSR count).